The zero-order chi connectivity index (χ0) is 19.3. The van der Waals surface area contributed by atoms with Crippen LogP contribution in [0.15, 0.2) is 24.3 Å². The highest BCUT2D eigenvalue weighted by molar-refractivity contribution is 5.85. The van der Waals surface area contributed by atoms with Crippen LogP contribution in [0, 0.1) is 11.7 Å². The van der Waals surface area contributed by atoms with E-state index in [0.717, 1.165) is 24.8 Å². The summed E-state index contributed by atoms with van der Waals surface area (Å²) in [5.74, 6) is -0.584. The number of nitrogens with two attached hydrogens (primary N) is 1. The smallest absolute Gasteiger partial charge is 0.323 e. The predicted molar refractivity (Wildman–Crippen MR) is 97.8 cm³/mol. The summed E-state index contributed by atoms with van der Waals surface area (Å²) in [4.78, 5) is 26.3. The third kappa shape index (κ3) is 6.41. The standard InChI is InChI=1S/C20H29FN2O3/c1-20(2,3)26-19(25)17(22)12-18(24)23-10-4-5-15(13-23)11-14-6-8-16(21)9-7-14/h6-9,15,17H,4-5,10-13,22H2,1-3H3/t15-,17-/m0/s1. The molecule has 2 rings (SSSR count). The van der Waals surface area contributed by atoms with Gasteiger partial charge >= 0.3 is 5.97 Å². The van der Waals surface area contributed by atoms with Crippen LogP contribution in [0.4, 0.5) is 4.39 Å². The lowest BCUT2D eigenvalue weighted by atomic mass is 9.91. The van der Waals surface area contributed by atoms with Crippen LogP contribution < -0.4 is 5.73 Å². The Kier molecular flexibility index (Phi) is 6.75. The Labute approximate surface area is 154 Å². The minimum atomic E-state index is -0.945. The van der Waals surface area contributed by atoms with Crippen molar-refractivity contribution >= 4 is 11.9 Å². The van der Waals surface area contributed by atoms with Crippen molar-refractivity contribution in [3.05, 3.63) is 35.6 Å². The molecule has 1 aromatic rings. The van der Waals surface area contributed by atoms with Gasteiger partial charge in [-0.1, -0.05) is 12.1 Å². The Morgan fingerprint density at radius 1 is 1.31 bits per heavy atom. The molecule has 0 radical (unpaired) electrons. The molecule has 0 aliphatic carbocycles. The van der Waals surface area contributed by atoms with Crippen molar-refractivity contribution in [2.24, 2.45) is 11.7 Å². The van der Waals surface area contributed by atoms with Crippen molar-refractivity contribution < 1.29 is 18.7 Å². The van der Waals surface area contributed by atoms with Crippen LogP contribution in [0.1, 0.15) is 45.6 Å². The van der Waals surface area contributed by atoms with E-state index in [0.29, 0.717) is 19.0 Å². The highest BCUT2D eigenvalue weighted by Crippen LogP contribution is 2.22. The molecule has 2 atom stereocenters. The summed E-state index contributed by atoms with van der Waals surface area (Å²) >= 11 is 0. The number of likely N-dealkylation sites (tertiary alicyclic amines) is 1. The maximum atomic E-state index is 13.0. The molecule has 1 aliphatic heterocycles. The first-order chi connectivity index (χ1) is 12.1. The van der Waals surface area contributed by atoms with Gasteiger partial charge in [-0.05, 0) is 63.6 Å². The Hall–Kier alpha value is -1.95. The molecule has 0 unspecified atom stereocenters. The summed E-state index contributed by atoms with van der Waals surface area (Å²) in [5.41, 5.74) is 6.29. The van der Waals surface area contributed by atoms with E-state index in [2.05, 4.69) is 0 Å². The summed E-state index contributed by atoms with van der Waals surface area (Å²) in [6.45, 7) is 6.62. The molecule has 1 amide bonds. The predicted octanol–water partition coefficient (Wildman–Crippen LogP) is 2.67. The normalized spacial score (nSPS) is 19.1. The van der Waals surface area contributed by atoms with Crippen LogP contribution in [0.3, 0.4) is 0 Å². The maximum absolute atomic E-state index is 13.0. The molecule has 0 aromatic heterocycles. The average Bonchev–Trinajstić information content (AvgIpc) is 2.55. The van der Waals surface area contributed by atoms with Crippen molar-refractivity contribution in [1.29, 1.82) is 0 Å². The number of piperidine rings is 1. The van der Waals surface area contributed by atoms with E-state index in [1.807, 2.05) is 0 Å². The van der Waals surface area contributed by atoms with E-state index in [9.17, 15) is 14.0 Å². The molecule has 1 heterocycles. The third-order valence-electron chi connectivity index (χ3n) is 4.41. The first kappa shape index (κ1) is 20.4. The highest BCUT2D eigenvalue weighted by Gasteiger charge is 2.29. The molecule has 6 heteroatoms. The van der Waals surface area contributed by atoms with Crippen LogP contribution in [-0.2, 0) is 20.7 Å². The molecule has 1 aromatic carbocycles. The fraction of sp³-hybridized carbons (Fsp3) is 0.600. The van der Waals surface area contributed by atoms with Crippen molar-refractivity contribution in [2.45, 2.75) is 58.1 Å². The number of amides is 1. The lowest BCUT2D eigenvalue weighted by molar-refractivity contribution is -0.158. The number of esters is 1. The van der Waals surface area contributed by atoms with Crippen LogP contribution in [0.25, 0.3) is 0 Å². The third-order valence-corrected chi connectivity index (χ3v) is 4.41. The second-order valence-corrected chi connectivity index (χ2v) is 8.02. The fourth-order valence-corrected chi connectivity index (χ4v) is 3.19. The van der Waals surface area contributed by atoms with Crippen molar-refractivity contribution in [2.75, 3.05) is 13.1 Å². The van der Waals surface area contributed by atoms with E-state index < -0.39 is 17.6 Å². The minimum absolute atomic E-state index is 0.0435. The van der Waals surface area contributed by atoms with E-state index >= 15 is 0 Å². The molecule has 1 fully saturated rings. The van der Waals surface area contributed by atoms with Gasteiger partial charge in [-0.3, -0.25) is 9.59 Å². The first-order valence-electron chi connectivity index (χ1n) is 9.15. The molecule has 0 spiro atoms. The summed E-state index contributed by atoms with van der Waals surface area (Å²) in [7, 11) is 0. The fourth-order valence-electron chi connectivity index (χ4n) is 3.19. The second kappa shape index (κ2) is 8.62. The van der Waals surface area contributed by atoms with Gasteiger partial charge in [0, 0.05) is 13.1 Å². The Bertz CT molecular complexity index is 625. The lowest BCUT2D eigenvalue weighted by Crippen LogP contribution is -2.45. The maximum Gasteiger partial charge on any atom is 0.323 e. The van der Waals surface area contributed by atoms with Crippen molar-refractivity contribution in [1.82, 2.24) is 4.90 Å². The zero-order valence-corrected chi connectivity index (χ0v) is 15.8. The number of carbonyl (C=O) groups is 2. The number of nitrogens with zero attached hydrogens (tertiary/aromatic N) is 1. The molecule has 1 saturated heterocycles. The van der Waals surface area contributed by atoms with Crippen LogP contribution >= 0.6 is 0 Å². The molecule has 0 saturated carbocycles. The van der Waals surface area contributed by atoms with Crippen LogP contribution in [0.5, 0.6) is 0 Å². The number of ether oxygens (including phenoxy) is 1. The van der Waals surface area contributed by atoms with Crippen LogP contribution in [-0.4, -0.2) is 41.5 Å². The molecule has 26 heavy (non-hydrogen) atoms. The molecular weight excluding hydrogens is 335 g/mol. The molecule has 1 aliphatic rings. The topological polar surface area (TPSA) is 72.6 Å². The van der Waals surface area contributed by atoms with E-state index in [-0.39, 0.29) is 18.1 Å². The summed E-state index contributed by atoms with van der Waals surface area (Å²) < 4.78 is 18.3. The van der Waals surface area contributed by atoms with Gasteiger partial charge in [0.25, 0.3) is 0 Å². The number of hydrogen-bond acceptors (Lipinski definition) is 4. The zero-order valence-electron chi connectivity index (χ0n) is 15.8. The first-order valence-corrected chi connectivity index (χ1v) is 9.15. The van der Waals surface area contributed by atoms with Gasteiger partial charge in [0.1, 0.15) is 17.5 Å². The Morgan fingerprint density at radius 3 is 2.58 bits per heavy atom. The summed E-state index contributed by atoms with van der Waals surface area (Å²) in [6.07, 6.45) is 2.71. The van der Waals surface area contributed by atoms with Gasteiger partial charge in [0.15, 0.2) is 0 Å². The van der Waals surface area contributed by atoms with E-state index in [1.54, 1.807) is 37.8 Å². The van der Waals surface area contributed by atoms with Gasteiger partial charge in [-0.15, -0.1) is 0 Å². The average molecular weight is 364 g/mol. The summed E-state index contributed by atoms with van der Waals surface area (Å²) in [6, 6.07) is 5.55. The molecule has 5 nitrogen and oxygen atoms in total. The number of carbonyl (C=O) groups excluding carboxylic acids is 2. The van der Waals surface area contributed by atoms with E-state index in [4.69, 9.17) is 10.5 Å². The van der Waals surface area contributed by atoms with E-state index in [1.165, 1.54) is 12.1 Å². The summed E-state index contributed by atoms with van der Waals surface area (Å²) in [5, 5.41) is 0. The number of halogens is 1. The quantitative estimate of drug-likeness (QED) is 0.816. The molecule has 0 bridgehead atoms. The second-order valence-electron chi connectivity index (χ2n) is 8.02. The lowest BCUT2D eigenvalue weighted by Gasteiger charge is -2.33. The van der Waals surface area contributed by atoms with Crippen LogP contribution in [0.2, 0.25) is 0 Å². The number of hydrogen-bond donors (Lipinski definition) is 1. The molecule has 2 N–H and O–H groups in total. The minimum Gasteiger partial charge on any atom is -0.459 e. The van der Waals surface area contributed by atoms with Gasteiger partial charge in [0.05, 0.1) is 6.42 Å². The van der Waals surface area contributed by atoms with Gasteiger partial charge in [0.2, 0.25) is 5.91 Å². The SMILES string of the molecule is CC(C)(C)OC(=O)[C@@H](N)CC(=O)N1CCC[C@@H](Cc2ccc(F)cc2)C1. The monoisotopic (exact) mass is 364 g/mol. The number of benzene rings is 1. The van der Waals surface area contributed by atoms with Crippen molar-refractivity contribution in [3.8, 4) is 0 Å². The Morgan fingerprint density at radius 2 is 1.96 bits per heavy atom. The number of rotatable bonds is 5. The van der Waals surface area contributed by atoms with Gasteiger partial charge in [-0.2, -0.15) is 0 Å². The molecule has 144 valence electrons. The van der Waals surface area contributed by atoms with Gasteiger partial charge < -0.3 is 15.4 Å². The molecular formula is C20H29FN2O3. The van der Waals surface area contributed by atoms with Gasteiger partial charge in [-0.25, -0.2) is 4.39 Å². The highest BCUT2D eigenvalue weighted by atomic mass is 19.1. The van der Waals surface area contributed by atoms with Crippen molar-refractivity contribution in [3.63, 3.8) is 0 Å². The Balaban J connectivity index is 1.86. The largest absolute Gasteiger partial charge is 0.459 e.